The molecule has 1 saturated heterocycles. The molecular formula is C14H30N2. The first-order chi connectivity index (χ1) is 7.40. The lowest BCUT2D eigenvalue weighted by Crippen LogP contribution is -2.67. The fourth-order valence-electron chi connectivity index (χ4n) is 2.75. The highest BCUT2D eigenvalue weighted by Crippen LogP contribution is 2.29. The molecule has 2 heteroatoms. The number of nitrogens with zero attached hydrogens (tertiary/aromatic N) is 1. The Bertz CT molecular complexity index is 219. The lowest BCUT2D eigenvalue weighted by Gasteiger charge is -2.52. The van der Waals surface area contributed by atoms with Crippen LogP contribution in [0.1, 0.15) is 60.8 Å². The van der Waals surface area contributed by atoms with E-state index in [4.69, 9.17) is 0 Å². The fraction of sp³-hybridized carbons (Fsp3) is 1.00. The maximum Gasteiger partial charge on any atom is 0.0304 e. The summed E-state index contributed by atoms with van der Waals surface area (Å²) in [6.45, 7) is 16.4. The van der Waals surface area contributed by atoms with Gasteiger partial charge in [0.25, 0.3) is 0 Å². The maximum atomic E-state index is 3.77. The summed E-state index contributed by atoms with van der Waals surface area (Å²) in [5.41, 5.74) is 0.677. The van der Waals surface area contributed by atoms with Crippen LogP contribution in [-0.4, -0.2) is 35.1 Å². The molecule has 0 saturated carbocycles. The van der Waals surface area contributed by atoms with E-state index in [0.29, 0.717) is 17.1 Å². The number of nitrogens with one attached hydrogen (secondary N) is 1. The highest BCUT2D eigenvalue weighted by Gasteiger charge is 2.40. The molecule has 96 valence electrons. The van der Waals surface area contributed by atoms with Gasteiger partial charge in [0.05, 0.1) is 0 Å². The van der Waals surface area contributed by atoms with Crippen molar-refractivity contribution >= 4 is 0 Å². The van der Waals surface area contributed by atoms with Crippen LogP contribution in [0.15, 0.2) is 0 Å². The average Bonchev–Trinajstić information content (AvgIpc) is 2.30. The van der Waals surface area contributed by atoms with Crippen molar-refractivity contribution in [3.05, 3.63) is 0 Å². The molecule has 2 nitrogen and oxygen atoms in total. The smallest absolute Gasteiger partial charge is 0.0304 e. The molecule has 0 radical (unpaired) electrons. The Hall–Kier alpha value is -0.0800. The first kappa shape index (κ1) is 14.0. The van der Waals surface area contributed by atoms with Crippen molar-refractivity contribution in [2.24, 2.45) is 0 Å². The summed E-state index contributed by atoms with van der Waals surface area (Å²) < 4.78 is 0. The lowest BCUT2D eigenvalue weighted by molar-refractivity contribution is 0.00160. The molecule has 1 N–H and O–H groups in total. The Morgan fingerprint density at radius 1 is 1.25 bits per heavy atom. The second kappa shape index (κ2) is 5.05. The van der Waals surface area contributed by atoms with E-state index >= 15 is 0 Å². The average molecular weight is 226 g/mol. The van der Waals surface area contributed by atoms with Gasteiger partial charge in [-0.05, 0) is 40.0 Å². The SMILES string of the molecule is CCC1(CC)CN(C(C)(C)CC)C(C)CN1. The van der Waals surface area contributed by atoms with E-state index in [9.17, 15) is 0 Å². The standard InChI is InChI=1S/C14H30N2/c1-7-13(5,6)16-11-14(8-2,9-3)15-10-12(16)4/h12,15H,7-11H2,1-6H3. The van der Waals surface area contributed by atoms with Crippen LogP contribution in [-0.2, 0) is 0 Å². The topological polar surface area (TPSA) is 15.3 Å². The minimum absolute atomic E-state index is 0.330. The molecule has 0 aromatic carbocycles. The maximum absolute atomic E-state index is 3.77. The van der Waals surface area contributed by atoms with Crippen LogP contribution in [0.25, 0.3) is 0 Å². The highest BCUT2D eigenvalue weighted by atomic mass is 15.3. The number of rotatable bonds is 4. The van der Waals surface area contributed by atoms with Crippen molar-refractivity contribution in [2.75, 3.05) is 13.1 Å². The normalized spacial score (nSPS) is 27.0. The Morgan fingerprint density at radius 3 is 2.25 bits per heavy atom. The van der Waals surface area contributed by atoms with Crippen molar-refractivity contribution in [1.82, 2.24) is 10.2 Å². The third kappa shape index (κ3) is 2.60. The summed E-state index contributed by atoms with van der Waals surface area (Å²) in [6.07, 6.45) is 3.68. The van der Waals surface area contributed by atoms with Gasteiger partial charge in [0, 0.05) is 30.2 Å². The van der Waals surface area contributed by atoms with Gasteiger partial charge in [0.15, 0.2) is 0 Å². The molecule has 1 atom stereocenters. The first-order valence-electron chi connectivity index (χ1n) is 6.92. The molecule has 1 aliphatic heterocycles. The lowest BCUT2D eigenvalue weighted by atomic mass is 9.85. The zero-order chi connectivity index (χ0) is 12.4. The van der Waals surface area contributed by atoms with Crippen LogP contribution in [0, 0.1) is 0 Å². The molecule has 1 heterocycles. The summed E-state index contributed by atoms with van der Waals surface area (Å²) in [5.74, 6) is 0. The van der Waals surface area contributed by atoms with E-state index in [1.165, 1.54) is 25.8 Å². The minimum Gasteiger partial charge on any atom is -0.308 e. The van der Waals surface area contributed by atoms with Crippen LogP contribution < -0.4 is 5.32 Å². The fourth-order valence-corrected chi connectivity index (χ4v) is 2.75. The zero-order valence-corrected chi connectivity index (χ0v) is 12.1. The molecule has 0 spiro atoms. The predicted octanol–water partition coefficient (Wildman–Crippen LogP) is 3.03. The van der Waals surface area contributed by atoms with E-state index in [1.807, 2.05) is 0 Å². The second-order valence-corrected chi connectivity index (χ2v) is 6.01. The number of piperazine rings is 1. The molecule has 0 aliphatic carbocycles. The van der Waals surface area contributed by atoms with Gasteiger partial charge in [0.1, 0.15) is 0 Å². The van der Waals surface area contributed by atoms with E-state index in [2.05, 4.69) is 51.8 Å². The van der Waals surface area contributed by atoms with Crippen LogP contribution in [0.2, 0.25) is 0 Å². The zero-order valence-electron chi connectivity index (χ0n) is 12.1. The van der Waals surface area contributed by atoms with Gasteiger partial charge < -0.3 is 5.32 Å². The van der Waals surface area contributed by atoms with E-state index in [1.54, 1.807) is 0 Å². The summed E-state index contributed by atoms with van der Waals surface area (Å²) >= 11 is 0. The monoisotopic (exact) mass is 226 g/mol. The summed E-state index contributed by atoms with van der Waals surface area (Å²) in [6, 6.07) is 0.654. The predicted molar refractivity (Wildman–Crippen MR) is 71.9 cm³/mol. The van der Waals surface area contributed by atoms with E-state index in [-0.39, 0.29) is 0 Å². The first-order valence-corrected chi connectivity index (χ1v) is 6.92. The minimum atomic E-state index is 0.330. The van der Waals surface area contributed by atoms with Gasteiger partial charge in [-0.3, -0.25) is 4.90 Å². The quantitative estimate of drug-likeness (QED) is 0.792. The van der Waals surface area contributed by atoms with Crippen molar-refractivity contribution in [3.63, 3.8) is 0 Å². The van der Waals surface area contributed by atoms with Crippen LogP contribution in [0.5, 0.6) is 0 Å². The van der Waals surface area contributed by atoms with Gasteiger partial charge in [-0.25, -0.2) is 0 Å². The second-order valence-electron chi connectivity index (χ2n) is 6.01. The Morgan fingerprint density at radius 2 is 1.81 bits per heavy atom. The van der Waals surface area contributed by atoms with Crippen LogP contribution in [0.4, 0.5) is 0 Å². The van der Waals surface area contributed by atoms with Crippen LogP contribution in [0.3, 0.4) is 0 Å². The molecule has 1 unspecified atom stereocenters. The molecule has 16 heavy (non-hydrogen) atoms. The van der Waals surface area contributed by atoms with Gasteiger partial charge >= 0.3 is 0 Å². The van der Waals surface area contributed by atoms with Gasteiger partial charge in [0.2, 0.25) is 0 Å². The molecule has 1 rings (SSSR count). The summed E-state index contributed by atoms with van der Waals surface area (Å²) in [4.78, 5) is 2.70. The van der Waals surface area contributed by atoms with Crippen molar-refractivity contribution in [1.29, 1.82) is 0 Å². The number of hydrogen-bond donors (Lipinski definition) is 1. The Balaban J connectivity index is 2.83. The largest absolute Gasteiger partial charge is 0.308 e. The third-order valence-electron chi connectivity index (χ3n) is 4.77. The van der Waals surface area contributed by atoms with Gasteiger partial charge in [-0.15, -0.1) is 0 Å². The molecule has 0 bridgehead atoms. The van der Waals surface area contributed by atoms with E-state index < -0.39 is 0 Å². The van der Waals surface area contributed by atoms with Crippen LogP contribution >= 0.6 is 0 Å². The Labute approximate surface area is 102 Å². The molecule has 1 fully saturated rings. The summed E-state index contributed by atoms with van der Waals surface area (Å²) in [7, 11) is 0. The van der Waals surface area contributed by atoms with Crippen molar-refractivity contribution < 1.29 is 0 Å². The third-order valence-corrected chi connectivity index (χ3v) is 4.77. The van der Waals surface area contributed by atoms with Crippen molar-refractivity contribution in [2.45, 2.75) is 77.9 Å². The number of hydrogen-bond acceptors (Lipinski definition) is 2. The Kier molecular flexibility index (Phi) is 4.42. The molecule has 0 aromatic rings. The molecule has 0 aromatic heterocycles. The van der Waals surface area contributed by atoms with Gasteiger partial charge in [-0.1, -0.05) is 20.8 Å². The van der Waals surface area contributed by atoms with Gasteiger partial charge in [-0.2, -0.15) is 0 Å². The molecule has 0 amide bonds. The highest BCUT2D eigenvalue weighted by molar-refractivity contribution is 4.99. The summed E-state index contributed by atoms with van der Waals surface area (Å²) in [5, 5.41) is 3.77. The van der Waals surface area contributed by atoms with E-state index in [0.717, 1.165) is 6.54 Å². The van der Waals surface area contributed by atoms with Crippen molar-refractivity contribution in [3.8, 4) is 0 Å². The molecular weight excluding hydrogens is 196 g/mol. The molecule has 1 aliphatic rings.